The fraction of sp³-hybridized carbons (Fsp3) is 0.190. The number of nitrogens with zero attached hydrogens (tertiary/aromatic N) is 1. The van der Waals surface area contributed by atoms with Crippen molar-refractivity contribution in [3.8, 4) is 22.8 Å². The topological polar surface area (TPSA) is 99.9 Å². The molecule has 31 heavy (non-hydrogen) atoms. The number of hydrogen-bond acceptors (Lipinski definition) is 7. The number of anilines is 1. The highest BCUT2D eigenvalue weighted by molar-refractivity contribution is 6.33. The summed E-state index contributed by atoms with van der Waals surface area (Å²) in [5.41, 5.74) is 0.000606. The van der Waals surface area contributed by atoms with Crippen molar-refractivity contribution in [2.45, 2.75) is 6.92 Å². The van der Waals surface area contributed by atoms with Gasteiger partial charge < -0.3 is 24.1 Å². The summed E-state index contributed by atoms with van der Waals surface area (Å²) in [5, 5.41) is 6.36. The highest BCUT2D eigenvalue weighted by Crippen LogP contribution is 2.34. The molecule has 0 spiro atoms. The van der Waals surface area contributed by atoms with Gasteiger partial charge in [0.15, 0.2) is 6.61 Å². The third-order valence-corrected chi connectivity index (χ3v) is 4.60. The largest absolute Gasteiger partial charge is 0.497 e. The summed E-state index contributed by atoms with van der Waals surface area (Å²) in [6.07, 6.45) is 0. The third-order valence-electron chi connectivity index (χ3n) is 4.28. The van der Waals surface area contributed by atoms with Crippen molar-refractivity contribution < 1.29 is 32.7 Å². The number of esters is 1. The minimum atomic E-state index is -0.916. The van der Waals surface area contributed by atoms with Crippen LogP contribution in [-0.2, 0) is 9.53 Å². The maximum absolute atomic E-state index is 14.3. The van der Waals surface area contributed by atoms with Crippen LogP contribution in [0, 0.1) is 12.7 Å². The summed E-state index contributed by atoms with van der Waals surface area (Å²) in [6, 6.07) is 8.89. The summed E-state index contributed by atoms with van der Waals surface area (Å²) in [6.45, 7) is 0.845. The van der Waals surface area contributed by atoms with Crippen molar-refractivity contribution in [1.82, 2.24) is 5.16 Å². The van der Waals surface area contributed by atoms with Gasteiger partial charge in [0.2, 0.25) is 0 Å². The van der Waals surface area contributed by atoms with Gasteiger partial charge >= 0.3 is 5.97 Å². The summed E-state index contributed by atoms with van der Waals surface area (Å²) in [5.74, 6) is -1.24. The predicted molar refractivity (Wildman–Crippen MR) is 110 cm³/mol. The number of methoxy groups -OCH3 is 2. The van der Waals surface area contributed by atoms with Crippen LogP contribution in [0.2, 0.25) is 5.02 Å². The molecule has 0 unspecified atom stereocenters. The van der Waals surface area contributed by atoms with Gasteiger partial charge in [0.25, 0.3) is 5.91 Å². The van der Waals surface area contributed by atoms with Gasteiger partial charge in [-0.2, -0.15) is 0 Å². The Balaban J connectivity index is 1.75. The molecule has 0 atom stereocenters. The predicted octanol–water partition coefficient (Wildman–Crippen LogP) is 4.26. The SMILES string of the molecule is COc1ccc(OC)c(NC(=O)COC(=O)c2c(-c3c(F)cccc3Cl)noc2C)c1. The van der Waals surface area contributed by atoms with E-state index in [1.807, 2.05) is 0 Å². The fourth-order valence-corrected chi connectivity index (χ4v) is 3.06. The molecule has 3 rings (SSSR count). The van der Waals surface area contributed by atoms with Gasteiger partial charge in [-0.1, -0.05) is 22.8 Å². The number of aryl methyl sites for hydroxylation is 1. The molecule has 0 aliphatic rings. The van der Waals surface area contributed by atoms with Gasteiger partial charge in [-0.15, -0.1) is 0 Å². The minimum Gasteiger partial charge on any atom is -0.497 e. The Morgan fingerprint density at radius 1 is 1.19 bits per heavy atom. The van der Waals surface area contributed by atoms with E-state index in [-0.39, 0.29) is 27.6 Å². The molecule has 0 saturated carbocycles. The van der Waals surface area contributed by atoms with E-state index in [9.17, 15) is 14.0 Å². The number of nitrogens with one attached hydrogen (secondary N) is 1. The smallest absolute Gasteiger partial charge is 0.344 e. The number of benzene rings is 2. The lowest BCUT2D eigenvalue weighted by molar-refractivity contribution is -0.119. The molecule has 0 saturated heterocycles. The molecule has 1 heterocycles. The number of amides is 1. The minimum absolute atomic E-state index is 0.0465. The average Bonchev–Trinajstić information content (AvgIpc) is 3.12. The fourth-order valence-electron chi connectivity index (χ4n) is 2.81. The number of hydrogen-bond donors (Lipinski definition) is 1. The van der Waals surface area contributed by atoms with Crippen LogP contribution < -0.4 is 14.8 Å². The Kier molecular flexibility index (Phi) is 6.76. The zero-order valence-corrected chi connectivity index (χ0v) is 17.6. The second kappa shape index (κ2) is 9.48. The Morgan fingerprint density at radius 2 is 1.97 bits per heavy atom. The molecule has 0 radical (unpaired) electrons. The Morgan fingerprint density at radius 3 is 2.65 bits per heavy atom. The molecule has 1 aromatic heterocycles. The van der Waals surface area contributed by atoms with Crippen LogP contribution in [0.5, 0.6) is 11.5 Å². The first-order valence-electron chi connectivity index (χ1n) is 8.95. The zero-order valence-electron chi connectivity index (χ0n) is 16.8. The van der Waals surface area contributed by atoms with E-state index in [0.717, 1.165) is 0 Å². The van der Waals surface area contributed by atoms with Crippen molar-refractivity contribution in [3.63, 3.8) is 0 Å². The summed E-state index contributed by atoms with van der Waals surface area (Å²) >= 11 is 6.06. The summed E-state index contributed by atoms with van der Waals surface area (Å²) < 4.78 is 34.7. The Bertz CT molecular complexity index is 1110. The number of carbonyl (C=O) groups is 2. The molecular formula is C21H18ClFN2O6. The van der Waals surface area contributed by atoms with Crippen molar-refractivity contribution in [2.75, 3.05) is 26.1 Å². The molecule has 1 N–H and O–H groups in total. The molecule has 8 nitrogen and oxygen atoms in total. The van der Waals surface area contributed by atoms with E-state index < -0.39 is 24.3 Å². The monoisotopic (exact) mass is 448 g/mol. The molecule has 0 aliphatic heterocycles. The van der Waals surface area contributed by atoms with E-state index in [2.05, 4.69) is 10.5 Å². The van der Waals surface area contributed by atoms with Crippen LogP contribution in [0.4, 0.5) is 10.1 Å². The zero-order chi connectivity index (χ0) is 22.5. The molecule has 0 aliphatic carbocycles. The van der Waals surface area contributed by atoms with Gasteiger partial charge in [-0.05, 0) is 31.2 Å². The van der Waals surface area contributed by atoms with Gasteiger partial charge in [0.1, 0.15) is 34.3 Å². The first-order valence-corrected chi connectivity index (χ1v) is 9.33. The molecule has 1 amide bonds. The Labute approximate surface area is 181 Å². The summed E-state index contributed by atoms with van der Waals surface area (Å²) in [4.78, 5) is 24.9. The van der Waals surface area contributed by atoms with Crippen LogP contribution in [0.1, 0.15) is 16.1 Å². The molecular weight excluding hydrogens is 431 g/mol. The van der Waals surface area contributed by atoms with E-state index in [4.69, 9.17) is 30.3 Å². The third kappa shape index (κ3) is 4.77. The summed E-state index contributed by atoms with van der Waals surface area (Å²) in [7, 11) is 2.93. The lowest BCUT2D eigenvalue weighted by Crippen LogP contribution is -2.21. The van der Waals surface area contributed by atoms with Crippen molar-refractivity contribution in [1.29, 1.82) is 0 Å². The van der Waals surface area contributed by atoms with E-state index in [1.165, 1.54) is 39.3 Å². The molecule has 0 bridgehead atoms. The molecule has 3 aromatic rings. The standard InChI is InChI=1S/C21H18ClFN2O6/c1-11-18(20(25-31-11)19-13(22)5-4-6-14(19)23)21(27)30-10-17(26)24-15-9-12(28-2)7-8-16(15)29-3/h4-9H,10H2,1-3H3,(H,24,26). The highest BCUT2D eigenvalue weighted by atomic mass is 35.5. The lowest BCUT2D eigenvalue weighted by Gasteiger charge is -2.12. The lowest BCUT2D eigenvalue weighted by atomic mass is 10.1. The van der Waals surface area contributed by atoms with Crippen LogP contribution in [0.3, 0.4) is 0 Å². The molecule has 162 valence electrons. The van der Waals surface area contributed by atoms with Crippen LogP contribution in [0.25, 0.3) is 11.3 Å². The van der Waals surface area contributed by atoms with Crippen LogP contribution >= 0.6 is 11.6 Å². The van der Waals surface area contributed by atoms with Crippen LogP contribution in [-0.4, -0.2) is 37.9 Å². The maximum atomic E-state index is 14.3. The van der Waals surface area contributed by atoms with Gasteiger partial charge in [-0.3, -0.25) is 4.79 Å². The number of aromatic nitrogens is 1. The van der Waals surface area contributed by atoms with Gasteiger partial charge in [0.05, 0.1) is 30.5 Å². The van der Waals surface area contributed by atoms with Crippen molar-refractivity contribution >= 4 is 29.2 Å². The second-order valence-corrected chi connectivity index (χ2v) is 6.66. The van der Waals surface area contributed by atoms with Crippen LogP contribution in [0.15, 0.2) is 40.9 Å². The van der Waals surface area contributed by atoms with Crippen molar-refractivity contribution in [2.24, 2.45) is 0 Å². The molecule has 10 heteroatoms. The van der Waals surface area contributed by atoms with Crippen molar-refractivity contribution in [3.05, 3.63) is 58.6 Å². The van der Waals surface area contributed by atoms with E-state index in [0.29, 0.717) is 17.2 Å². The number of rotatable bonds is 7. The second-order valence-electron chi connectivity index (χ2n) is 6.25. The number of ether oxygens (including phenoxy) is 3. The number of carbonyl (C=O) groups excluding carboxylic acids is 2. The molecule has 0 fully saturated rings. The maximum Gasteiger partial charge on any atom is 0.344 e. The first kappa shape index (κ1) is 22.1. The average molecular weight is 449 g/mol. The van der Waals surface area contributed by atoms with E-state index >= 15 is 0 Å². The Hall–Kier alpha value is -3.59. The van der Waals surface area contributed by atoms with Gasteiger partial charge in [-0.25, -0.2) is 9.18 Å². The quantitative estimate of drug-likeness (QED) is 0.539. The normalized spacial score (nSPS) is 10.5. The number of halogens is 2. The van der Waals surface area contributed by atoms with Gasteiger partial charge in [0, 0.05) is 6.07 Å². The highest BCUT2D eigenvalue weighted by Gasteiger charge is 2.27. The molecule has 2 aromatic carbocycles. The first-order chi connectivity index (χ1) is 14.8. The van der Waals surface area contributed by atoms with E-state index in [1.54, 1.807) is 18.2 Å².